The molecule has 1 heterocycles. The van der Waals surface area contributed by atoms with Crippen molar-refractivity contribution >= 4 is 5.97 Å². The van der Waals surface area contributed by atoms with Gasteiger partial charge in [0.25, 0.3) is 0 Å². The Morgan fingerprint density at radius 1 is 1.57 bits per heavy atom. The summed E-state index contributed by atoms with van der Waals surface area (Å²) >= 11 is 0. The van der Waals surface area contributed by atoms with Gasteiger partial charge in [0.2, 0.25) is 0 Å². The van der Waals surface area contributed by atoms with Crippen LogP contribution in [0.4, 0.5) is 0 Å². The predicted molar refractivity (Wildman–Crippen MR) is 56.3 cm³/mol. The molecule has 3 nitrogen and oxygen atoms in total. The number of likely N-dealkylation sites (tertiary alicyclic amines) is 1. The highest BCUT2D eigenvalue weighted by molar-refractivity contribution is 5.73. The Balaban J connectivity index is 2.54. The van der Waals surface area contributed by atoms with Gasteiger partial charge >= 0.3 is 5.97 Å². The first-order valence-electron chi connectivity index (χ1n) is 5.45. The number of hydrogen-bond donors (Lipinski definition) is 1. The van der Waals surface area contributed by atoms with Crippen molar-refractivity contribution in [3.63, 3.8) is 0 Å². The van der Waals surface area contributed by atoms with Gasteiger partial charge in [0.15, 0.2) is 0 Å². The van der Waals surface area contributed by atoms with Crippen LogP contribution < -0.4 is 0 Å². The number of aliphatic carboxylic acids is 1. The monoisotopic (exact) mass is 199 g/mol. The zero-order valence-electron chi connectivity index (χ0n) is 9.42. The van der Waals surface area contributed by atoms with E-state index in [4.69, 9.17) is 5.11 Å². The van der Waals surface area contributed by atoms with Crippen LogP contribution in [0.2, 0.25) is 0 Å². The van der Waals surface area contributed by atoms with Crippen LogP contribution in [0, 0.1) is 5.41 Å². The molecule has 0 saturated carbocycles. The van der Waals surface area contributed by atoms with Gasteiger partial charge in [-0.2, -0.15) is 0 Å². The second kappa shape index (κ2) is 4.30. The Bertz CT molecular complexity index is 213. The minimum atomic E-state index is -0.695. The van der Waals surface area contributed by atoms with E-state index in [2.05, 4.69) is 11.8 Å². The molecule has 0 aliphatic carbocycles. The lowest BCUT2D eigenvalue weighted by Gasteiger charge is -2.30. The number of carbonyl (C=O) groups is 1. The summed E-state index contributed by atoms with van der Waals surface area (Å²) in [6.45, 7) is 7.54. The minimum absolute atomic E-state index is 0.605. The molecule has 0 radical (unpaired) electrons. The molecular formula is C11H21NO2. The molecule has 0 aromatic heterocycles. The fraction of sp³-hybridized carbons (Fsp3) is 0.909. The molecular weight excluding hydrogens is 178 g/mol. The minimum Gasteiger partial charge on any atom is -0.481 e. The van der Waals surface area contributed by atoms with Crippen LogP contribution in [-0.2, 0) is 4.79 Å². The Labute approximate surface area is 86.1 Å². The molecule has 0 bridgehead atoms. The molecule has 1 atom stereocenters. The highest BCUT2D eigenvalue weighted by Crippen LogP contribution is 2.25. The Morgan fingerprint density at radius 3 is 2.71 bits per heavy atom. The van der Waals surface area contributed by atoms with Gasteiger partial charge in [-0.15, -0.1) is 0 Å². The van der Waals surface area contributed by atoms with Crippen LogP contribution in [0.15, 0.2) is 0 Å². The lowest BCUT2D eigenvalue weighted by Crippen LogP contribution is -2.41. The Hall–Kier alpha value is -0.570. The summed E-state index contributed by atoms with van der Waals surface area (Å²) in [7, 11) is 0. The SMILES string of the molecule is CCC1CCCN1CC(C)(C)C(=O)O. The molecule has 1 aliphatic heterocycles. The molecule has 1 N–H and O–H groups in total. The van der Waals surface area contributed by atoms with Crippen LogP contribution >= 0.6 is 0 Å². The molecule has 0 amide bonds. The van der Waals surface area contributed by atoms with Crippen molar-refractivity contribution in [1.82, 2.24) is 4.90 Å². The fourth-order valence-electron chi connectivity index (χ4n) is 2.14. The normalized spacial score (nSPS) is 24.1. The van der Waals surface area contributed by atoms with Gasteiger partial charge < -0.3 is 5.11 Å². The van der Waals surface area contributed by atoms with Gasteiger partial charge in [-0.1, -0.05) is 6.92 Å². The average Bonchev–Trinajstić information content (AvgIpc) is 2.50. The second-order valence-corrected chi connectivity index (χ2v) is 4.86. The van der Waals surface area contributed by atoms with Crippen molar-refractivity contribution in [1.29, 1.82) is 0 Å². The third-order valence-corrected chi connectivity index (χ3v) is 3.15. The lowest BCUT2D eigenvalue weighted by atomic mass is 9.92. The standard InChI is InChI=1S/C11H21NO2/c1-4-9-6-5-7-12(9)8-11(2,3)10(13)14/h9H,4-8H2,1-3H3,(H,13,14). The molecule has 0 aromatic carbocycles. The van der Waals surface area contributed by atoms with Gasteiger partial charge in [-0.05, 0) is 39.7 Å². The molecule has 0 spiro atoms. The van der Waals surface area contributed by atoms with E-state index in [1.807, 2.05) is 0 Å². The molecule has 1 saturated heterocycles. The van der Waals surface area contributed by atoms with Gasteiger partial charge in [-0.3, -0.25) is 9.69 Å². The molecule has 14 heavy (non-hydrogen) atoms. The van der Waals surface area contributed by atoms with Crippen molar-refractivity contribution in [2.24, 2.45) is 5.41 Å². The first-order valence-corrected chi connectivity index (χ1v) is 5.45. The summed E-state index contributed by atoms with van der Waals surface area (Å²) in [5.41, 5.74) is -0.613. The molecule has 3 heteroatoms. The van der Waals surface area contributed by atoms with Crippen molar-refractivity contribution in [3.05, 3.63) is 0 Å². The highest BCUT2D eigenvalue weighted by atomic mass is 16.4. The molecule has 1 unspecified atom stereocenters. The summed E-state index contributed by atoms with van der Waals surface area (Å²) in [6.07, 6.45) is 3.58. The van der Waals surface area contributed by atoms with E-state index >= 15 is 0 Å². The molecule has 1 aliphatic rings. The zero-order valence-corrected chi connectivity index (χ0v) is 9.42. The number of rotatable bonds is 4. The Morgan fingerprint density at radius 2 is 2.21 bits per heavy atom. The first kappa shape index (κ1) is 11.5. The maximum absolute atomic E-state index is 11.0. The topological polar surface area (TPSA) is 40.5 Å². The van der Waals surface area contributed by atoms with Crippen LogP contribution in [0.1, 0.15) is 40.0 Å². The van der Waals surface area contributed by atoms with Crippen molar-refractivity contribution in [2.45, 2.75) is 46.1 Å². The molecule has 82 valence electrons. The lowest BCUT2D eigenvalue weighted by molar-refractivity contribution is -0.148. The third-order valence-electron chi connectivity index (χ3n) is 3.15. The number of nitrogens with zero attached hydrogens (tertiary/aromatic N) is 1. The quantitative estimate of drug-likeness (QED) is 0.752. The third kappa shape index (κ3) is 2.47. The number of carboxylic acids is 1. The van der Waals surface area contributed by atoms with E-state index in [9.17, 15) is 4.79 Å². The summed E-state index contributed by atoms with van der Waals surface area (Å²) < 4.78 is 0. The highest BCUT2D eigenvalue weighted by Gasteiger charge is 2.33. The van der Waals surface area contributed by atoms with Gasteiger partial charge in [0.1, 0.15) is 0 Å². The number of hydrogen-bond acceptors (Lipinski definition) is 2. The molecule has 0 aromatic rings. The van der Waals surface area contributed by atoms with Crippen molar-refractivity contribution < 1.29 is 9.90 Å². The molecule has 1 fully saturated rings. The fourth-order valence-corrected chi connectivity index (χ4v) is 2.14. The van der Waals surface area contributed by atoms with Crippen LogP contribution in [0.25, 0.3) is 0 Å². The van der Waals surface area contributed by atoms with E-state index in [0.29, 0.717) is 12.6 Å². The van der Waals surface area contributed by atoms with E-state index in [1.54, 1.807) is 13.8 Å². The van der Waals surface area contributed by atoms with Crippen LogP contribution in [0.5, 0.6) is 0 Å². The summed E-state index contributed by atoms with van der Waals surface area (Å²) in [4.78, 5) is 13.3. The predicted octanol–water partition coefficient (Wildman–Crippen LogP) is 1.97. The summed E-state index contributed by atoms with van der Waals surface area (Å²) in [5.74, 6) is -0.695. The van der Waals surface area contributed by atoms with Crippen LogP contribution in [0.3, 0.4) is 0 Å². The maximum Gasteiger partial charge on any atom is 0.310 e. The van der Waals surface area contributed by atoms with E-state index in [1.165, 1.54) is 12.8 Å². The molecule has 1 rings (SSSR count). The number of carboxylic acid groups (broad SMARTS) is 1. The maximum atomic E-state index is 11.0. The van der Waals surface area contributed by atoms with E-state index in [-0.39, 0.29) is 0 Å². The Kier molecular flexibility index (Phi) is 3.53. The van der Waals surface area contributed by atoms with E-state index < -0.39 is 11.4 Å². The second-order valence-electron chi connectivity index (χ2n) is 4.86. The summed E-state index contributed by atoms with van der Waals surface area (Å²) in [6, 6.07) is 0.605. The van der Waals surface area contributed by atoms with Crippen molar-refractivity contribution in [2.75, 3.05) is 13.1 Å². The first-order chi connectivity index (χ1) is 6.47. The van der Waals surface area contributed by atoms with E-state index in [0.717, 1.165) is 13.0 Å². The summed E-state index contributed by atoms with van der Waals surface area (Å²) in [5, 5.41) is 9.03. The smallest absolute Gasteiger partial charge is 0.310 e. The average molecular weight is 199 g/mol. The van der Waals surface area contributed by atoms with Crippen molar-refractivity contribution in [3.8, 4) is 0 Å². The van der Waals surface area contributed by atoms with Crippen LogP contribution in [-0.4, -0.2) is 35.1 Å². The van der Waals surface area contributed by atoms with Gasteiger partial charge in [0, 0.05) is 12.6 Å². The largest absolute Gasteiger partial charge is 0.481 e. The van der Waals surface area contributed by atoms with Gasteiger partial charge in [0.05, 0.1) is 5.41 Å². The zero-order chi connectivity index (χ0) is 10.8. The van der Waals surface area contributed by atoms with Gasteiger partial charge in [-0.25, -0.2) is 0 Å².